The van der Waals surface area contributed by atoms with Crippen molar-refractivity contribution < 1.29 is 9.47 Å². The number of benzene rings is 1. The Balaban J connectivity index is 2.10. The van der Waals surface area contributed by atoms with E-state index < -0.39 is 0 Å². The van der Waals surface area contributed by atoms with E-state index >= 15 is 0 Å². The first kappa shape index (κ1) is 14.8. The summed E-state index contributed by atoms with van der Waals surface area (Å²) in [5, 5.41) is 0. The summed E-state index contributed by atoms with van der Waals surface area (Å²) in [6.07, 6.45) is 2.67. The number of aromatic nitrogens is 1. The van der Waals surface area contributed by atoms with Crippen LogP contribution in [0, 0.1) is 0 Å². The Kier molecular flexibility index (Phi) is 5.38. The molecule has 0 atom stereocenters. The van der Waals surface area contributed by atoms with E-state index in [-0.39, 0.29) is 0 Å². The molecule has 1 heterocycles. The van der Waals surface area contributed by atoms with Crippen molar-refractivity contribution in [1.29, 1.82) is 0 Å². The van der Waals surface area contributed by atoms with E-state index in [1.807, 2.05) is 30.3 Å². The highest BCUT2D eigenvalue weighted by atomic mass is 79.9. The number of nitrogens with zero attached hydrogens (tertiary/aromatic N) is 1. The van der Waals surface area contributed by atoms with Gasteiger partial charge in [0.1, 0.15) is 11.5 Å². The summed E-state index contributed by atoms with van der Waals surface area (Å²) in [7, 11) is 0. The summed E-state index contributed by atoms with van der Waals surface area (Å²) < 4.78 is 12.2. The van der Waals surface area contributed by atoms with Crippen LogP contribution in [0.4, 0.5) is 0 Å². The van der Waals surface area contributed by atoms with Crippen LogP contribution in [0.2, 0.25) is 0 Å². The lowest BCUT2D eigenvalue weighted by Crippen LogP contribution is -2.01. The summed E-state index contributed by atoms with van der Waals surface area (Å²) in [5.41, 5.74) is 6.54. The predicted octanol–water partition coefficient (Wildman–Crippen LogP) is 3.88. The van der Waals surface area contributed by atoms with E-state index in [1.54, 1.807) is 6.20 Å². The first-order valence-electron chi connectivity index (χ1n) is 6.48. The molecule has 0 aliphatic rings. The van der Waals surface area contributed by atoms with Crippen LogP contribution in [0.3, 0.4) is 0 Å². The van der Waals surface area contributed by atoms with Crippen molar-refractivity contribution in [2.75, 3.05) is 6.61 Å². The molecule has 4 nitrogen and oxygen atoms in total. The molecule has 0 spiro atoms. The van der Waals surface area contributed by atoms with Crippen LogP contribution in [0.5, 0.6) is 17.4 Å². The average molecular weight is 337 g/mol. The molecule has 2 N–H and O–H groups in total. The van der Waals surface area contributed by atoms with Crippen LogP contribution in [-0.2, 0) is 6.54 Å². The van der Waals surface area contributed by atoms with E-state index in [0.29, 0.717) is 24.8 Å². The molecule has 2 aromatic rings. The van der Waals surface area contributed by atoms with Gasteiger partial charge in [-0.05, 0) is 52.7 Å². The van der Waals surface area contributed by atoms with Crippen molar-refractivity contribution in [3.63, 3.8) is 0 Å². The van der Waals surface area contributed by atoms with Gasteiger partial charge in [0.2, 0.25) is 5.88 Å². The second-order valence-corrected chi connectivity index (χ2v) is 5.16. The van der Waals surface area contributed by atoms with E-state index in [1.165, 1.54) is 0 Å². The molecule has 5 heteroatoms. The van der Waals surface area contributed by atoms with Crippen LogP contribution >= 0.6 is 15.9 Å². The summed E-state index contributed by atoms with van der Waals surface area (Å²) in [6, 6.07) is 9.38. The predicted molar refractivity (Wildman–Crippen MR) is 82.1 cm³/mol. The average Bonchev–Trinajstić information content (AvgIpc) is 2.48. The number of hydrogen-bond donors (Lipinski definition) is 1. The summed E-state index contributed by atoms with van der Waals surface area (Å²) in [4.78, 5) is 4.24. The van der Waals surface area contributed by atoms with Gasteiger partial charge in [0.25, 0.3) is 0 Å². The van der Waals surface area contributed by atoms with Crippen LogP contribution in [0.25, 0.3) is 0 Å². The van der Waals surface area contributed by atoms with Gasteiger partial charge < -0.3 is 15.2 Å². The minimum Gasteiger partial charge on any atom is -0.494 e. The quantitative estimate of drug-likeness (QED) is 0.869. The van der Waals surface area contributed by atoms with Gasteiger partial charge in [-0.2, -0.15) is 0 Å². The zero-order valence-electron chi connectivity index (χ0n) is 11.3. The lowest BCUT2D eigenvalue weighted by molar-refractivity contribution is 0.317. The Hall–Kier alpha value is -1.59. The van der Waals surface area contributed by atoms with Crippen molar-refractivity contribution in [3.05, 3.63) is 46.6 Å². The van der Waals surface area contributed by atoms with Crippen LogP contribution < -0.4 is 15.2 Å². The number of nitrogens with two attached hydrogens (primary N) is 1. The van der Waals surface area contributed by atoms with E-state index in [2.05, 4.69) is 27.8 Å². The zero-order valence-corrected chi connectivity index (χ0v) is 12.9. The Morgan fingerprint density at radius 3 is 2.55 bits per heavy atom. The first-order valence-corrected chi connectivity index (χ1v) is 7.27. The van der Waals surface area contributed by atoms with Gasteiger partial charge in [0.05, 0.1) is 6.61 Å². The fraction of sp³-hybridized carbons (Fsp3) is 0.267. The first-order chi connectivity index (χ1) is 9.72. The molecule has 0 amide bonds. The molecule has 106 valence electrons. The molecule has 0 bridgehead atoms. The largest absolute Gasteiger partial charge is 0.494 e. The highest BCUT2D eigenvalue weighted by Gasteiger charge is 2.06. The molecule has 0 saturated carbocycles. The van der Waals surface area contributed by atoms with Gasteiger partial charge in [-0.3, -0.25) is 0 Å². The number of hydrogen-bond acceptors (Lipinski definition) is 4. The number of rotatable bonds is 6. The Morgan fingerprint density at radius 1 is 1.20 bits per heavy atom. The van der Waals surface area contributed by atoms with Crippen LogP contribution in [-0.4, -0.2) is 11.6 Å². The normalized spacial score (nSPS) is 10.3. The molecule has 1 aromatic carbocycles. The van der Waals surface area contributed by atoms with Crippen molar-refractivity contribution in [1.82, 2.24) is 4.98 Å². The van der Waals surface area contributed by atoms with Gasteiger partial charge in [0.15, 0.2) is 0 Å². The van der Waals surface area contributed by atoms with Gasteiger partial charge in [-0.25, -0.2) is 4.98 Å². The van der Waals surface area contributed by atoms with Gasteiger partial charge in [-0.15, -0.1) is 0 Å². The lowest BCUT2D eigenvalue weighted by atomic mass is 10.2. The van der Waals surface area contributed by atoms with E-state index in [4.69, 9.17) is 15.2 Å². The molecule has 0 saturated heterocycles. The fourth-order valence-electron chi connectivity index (χ4n) is 1.64. The minimum absolute atomic E-state index is 0.374. The molecule has 0 aliphatic carbocycles. The smallest absolute Gasteiger partial charge is 0.223 e. The summed E-state index contributed by atoms with van der Waals surface area (Å²) in [5.74, 6) is 2.07. The number of halogens is 1. The Labute approximate surface area is 127 Å². The van der Waals surface area contributed by atoms with Crippen molar-refractivity contribution >= 4 is 15.9 Å². The molecule has 0 aliphatic heterocycles. The standard InChI is InChI=1S/C15H17BrN2O2/c1-2-7-19-13-3-5-14(6-4-13)20-15-11(9-17)8-12(16)10-18-15/h3-6,8,10H,2,7,9,17H2,1H3. The Morgan fingerprint density at radius 2 is 1.90 bits per heavy atom. The number of pyridine rings is 1. The third kappa shape index (κ3) is 3.95. The van der Waals surface area contributed by atoms with Crippen molar-refractivity contribution in [2.45, 2.75) is 19.9 Å². The van der Waals surface area contributed by atoms with Gasteiger partial charge in [0, 0.05) is 22.8 Å². The maximum atomic E-state index is 5.75. The molecule has 0 unspecified atom stereocenters. The van der Waals surface area contributed by atoms with Crippen molar-refractivity contribution in [2.24, 2.45) is 5.73 Å². The Bertz CT molecular complexity index is 558. The third-order valence-electron chi connectivity index (χ3n) is 2.62. The van der Waals surface area contributed by atoms with Gasteiger partial charge >= 0.3 is 0 Å². The van der Waals surface area contributed by atoms with E-state index in [9.17, 15) is 0 Å². The second-order valence-electron chi connectivity index (χ2n) is 4.24. The number of ether oxygens (including phenoxy) is 2. The maximum absolute atomic E-state index is 5.75. The molecule has 2 rings (SSSR count). The molecule has 0 fully saturated rings. The van der Waals surface area contributed by atoms with Crippen LogP contribution in [0.1, 0.15) is 18.9 Å². The van der Waals surface area contributed by atoms with Crippen molar-refractivity contribution in [3.8, 4) is 17.4 Å². The summed E-state index contributed by atoms with van der Waals surface area (Å²) >= 11 is 3.37. The fourth-order valence-corrected chi connectivity index (χ4v) is 2.02. The molecule has 1 aromatic heterocycles. The van der Waals surface area contributed by atoms with E-state index in [0.717, 1.165) is 22.2 Å². The highest BCUT2D eigenvalue weighted by Crippen LogP contribution is 2.26. The highest BCUT2D eigenvalue weighted by molar-refractivity contribution is 9.10. The second kappa shape index (κ2) is 7.26. The molecular formula is C15H17BrN2O2. The van der Waals surface area contributed by atoms with Crippen LogP contribution in [0.15, 0.2) is 41.0 Å². The minimum atomic E-state index is 0.374. The lowest BCUT2D eigenvalue weighted by Gasteiger charge is -2.10. The zero-order chi connectivity index (χ0) is 14.4. The maximum Gasteiger partial charge on any atom is 0.223 e. The topological polar surface area (TPSA) is 57.4 Å². The molecule has 20 heavy (non-hydrogen) atoms. The van der Waals surface area contributed by atoms with Gasteiger partial charge in [-0.1, -0.05) is 6.92 Å². The summed E-state index contributed by atoms with van der Waals surface area (Å²) in [6.45, 7) is 3.16. The third-order valence-corrected chi connectivity index (χ3v) is 3.06. The molecular weight excluding hydrogens is 320 g/mol. The molecule has 0 radical (unpaired) electrons. The monoisotopic (exact) mass is 336 g/mol. The SMILES string of the molecule is CCCOc1ccc(Oc2ncc(Br)cc2CN)cc1.